The third-order valence-corrected chi connectivity index (χ3v) is 6.50. The van der Waals surface area contributed by atoms with E-state index in [9.17, 15) is 23.9 Å². The average molecular weight is 500 g/mol. The number of benzene rings is 1. The SMILES string of the molecule is CCN1C[C@H](C)n2c(c(O)c3c2C(=N)C(=O)NCCCCCOc2cc(F)ccc2CNC3=O)C1=O. The van der Waals surface area contributed by atoms with Crippen molar-refractivity contribution in [1.29, 1.82) is 5.41 Å². The quantitative estimate of drug-likeness (QED) is 0.477. The van der Waals surface area contributed by atoms with Crippen molar-refractivity contribution in [3.8, 4) is 11.5 Å². The number of rotatable bonds is 1. The smallest absolute Gasteiger partial charge is 0.274 e. The van der Waals surface area contributed by atoms with Gasteiger partial charge in [-0.05, 0) is 39.2 Å². The zero-order valence-electron chi connectivity index (χ0n) is 20.3. The topological polar surface area (TPSA) is 137 Å². The van der Waals surface area contributed by atoms with Gasteiger partial charge < -0.3 is 29.9 Å². The lowest BCUT2D eigenvalue weighted by Gasteiger charge is -2.33. The Kier molecular flexibility index (Phi) is 7.27. The summed E-state index contributed by atoms with van der Waals surface area (Å²) >= 11 is 0. The molecule has 36 heavy (non-hydrogen) atoms. The minimum absolute atomic E-state index is 0.0576. The monoisotopic (exact) mass is 499 g/mol. The van der Waals surface area contributed by atoms with Gasteiger partial charge in [-0.3, -0.25) is 19.8 Å². The van der Waals surface area contributed by atoms with Gasteiger partial charge in [-0.25, -0.2) is 4.39 Å². The van der Waals surface area contributed by atoms with Crippen molar-refractivity contribution in [3.05, 3.63) is 46.5 Å². The number of hydrogen-bond acceptors (Lipinski definition) is 6. The van der Waals surface area contributed by atoms with E-state index in [1.54, 1.807) is 13.8 Å². The van der Waals surface area contributed by atoms with Crippen LogP contribution in [0.4, 0.5) is 4.39 Å². The first-order valence-corrected chi connectivity index (χ1v) is 12.1. The van der Waals surface area contributed by atoms with Crippen LogP contribution >= 0.6 is 0 Å². The molecule has 2 aromatic rings. The Bertz CT molecular complexity index is 1220. The van der Waals surface area contributed by atoms with Crippen LogP contribution in [0.3, 0.4) is 0 Å². The van der Waals surface area contributed by atoms with Crippen LogP contribution in [-0.2, 0) is 11.3 Å². The van der Waals surface area contributed by atoms with Crippen LogP contribution in [0.15, 0.2) is 18.2 Å². The normalized spacial score (nSPS) is 19.5. The fourth-order valence-corrected chi connectivity index (χ4v) is 4.65. The summed E-state index contributed by atoms with van der Waals surface area (Å²) in [5.41, 5.74) is -0.547. The summed E-state index contributed by atoms with van der Waals surface area (Å²) < 4.78 is 21.0. The van der Waals surface area contributed by atoms with Gasteiger partial charge in [0.15, 0.2) is 11.4 Å². The van der Waals surface area contributed by atoms with E-state index in [-0.39, 0.29) is 23.5 Å². The van der Waals surface area contributed by atoms with Crippen LogP contribution in [0.2, 0.25) is 0 Å². The molecular weight excluding hydrogens is 469 g/mol. The van der Waals surface area contributed by atoms with Crippen molar-refractivity contribution in [2.45, 2.75) is 45.7 Å². The number of aromatic hydroxyl groups is 1. The Morgan fingerprint density at radius 3 is 2.67 bits per heavy atom. The molecule has 4 rings (SSSR count). The summed E-state index contributed by atoms with van der Waals surface area (Å²) in [6.07, 6.45) is 2.04. The van der Waals surface area contributed by atoms with Gasteiger partial charge in [-0.1, -0.05) is 6.07 Å². The number of ether oxygens (including phenoxy) is 1. The molecule has 0 bridgehead atoms. The van der Waals surface area contributed by atoms with Gasteiger partial charge >= 0.3 is 0 Å². The molecule has 4 N–H and O–H groups in total. The number of carbonyl (C=O) groups is 3. The van der Waals surface area contributed by atoms with E-state index in [0.717, 1.165) is 6.42 Å². The molecule has 0 unspecified atom stereocenters. The number of likely N-dealkylation sites (N-methyl/N-ethyl adjacent to an activating group) is 1. The van der Waals surface area contributed by atoms with Crippen LogP contribution in [0.1, 0.15) is 71.3 Å². The zero-order chi connectivity index (χ0) is 26.0. The van der Waals surface area contributed by atoms with E-state index in [4.69, 9.17) is 10.1 Å². The third-order valence-electron chi connectivity index (χ3n) is 6.50. The minimum atomic E-state index is -0.771. The molecule has 0 aliphatic carbocycles. The highest BCUT2D eigenvalue weighted by Crippen LogP contribution is 2.37. The van der Waals surface area contributed by atoms with Crippen LogP contribution in [0.5, 0.6) is 11.5 Å². The number of nitrogens with one attached hydrogen (secondary N) is 3. The summed E-state index contributed by atoms with van der Waals surface area (Å²) in [6, 6.07) is 3.61. The lowest BCUT2D eigenvalue weighted by Crippen LogP contribution is -2.43. The lowest BCUT2D eigenvalue weighted by molar-refractivity contribution is -0.114. The van der Waals surface area contributed by atoms with Gasteiger partial charge in [-0.15, -0.1) is 0 Å². The third kappa shape index (κ3) is 4.65. The molecule has 3 heterocycles. The van der Waals surface area contributed by atoms with Crippen molar-refractivity contribution >= 4 is 23.4 Å². The molecule has 2 aliphatic rings. The maximum atomic E-state index is 13.8. The number of fused-ring (bicyclic) bond motifs is 4. The molecule has 11 heteroatoms. The molecule has 0 spiro atoms. The molecule has 0 fully saturated rings. The largest absolute Gasteiger partial charge is 0.505 e. The number of hydrogen-bond donors (Lipinski definition) is 4. The first-order chi connectivity index (χ1) is 17.2. The molecule has 1 aromatic carbocycles. The van der Waals surface area contributed by atoms with Crippen LogP contribution < -0.4 is 15.4 Å². The van der Waals surface area contributed by atoms with Gasteiger partial charge in [0, 0.05) is 43.9 Å². The van der Waals surface area contributed by atoms with Crippen molar-refractivity contribution in [2.24, 2.45) is 0 Å². The standard InChI is InChI=1S/C25H30FN5O5/c1-3-30-13-14(2)31-20-18(22(32)21(31)25(30)35)23(33)29-12-15-7-8-16(26)11-17(15)36-10-6-4-5-9-28-24(34)19(20)27/h7-8,11,14,27,32H,3-6,9-10,12-13H2,1-2H3,(H,28,34)(H,29,33)/t14-/m0/s1. The minimum Gasteiger partial charge on any atom is -0.505 e. The van der Waals surface area contributed by atoms with Crippen molar-refractivity contribution in [1.82, 2.24) is 20.1 Å². The van der Waals surface area contributed by atoms with Gasteiger partial charge in [0.05, 0.1) is 12.3 Å². The van der Waals surface area contributed by atoms with E-state index < -0.39 is 41.0 Å². The van der Waals surface area contributed by atoms with Gasteiger partial charge in [0.1, 0.15) is 22.8 Å². The molecule has 0 radical (unpaired) electrons. The Balaban J connectivity index is 1.80. The van der Waals surface area contributed by atoms with E-state index in [1.165, 1.54) is 27.7 Å². The molecule has 1 aromatic heterocycles. The molecule has 192 valence electrons. The van der Waals surface area contributed by atoms with Crippen molar-refractivity contribution < 1.29 is 28.6 Å². The Morgan fingerprint density at radius 2 is 1.92 bits per heavy atom. The predicted molar refractivity (Wildman–Crippen MR) is 129 cm³/mol. The second kappa shape index (κ2) is 10.4. The first-order valence-electron chi connectivity index (χ1n) is 12.1. The van der Waals surface area contributed by atoms with E-state index in [1.807, 2.05) is 0 Å². The summed E-state index contributed by atoms with van der Waals surface area (Å²) in [4.78, 5) is 40.9. The molecule has 3 amide bonds. The van der Waals surface area contributed by atoms with Crippen LogP contribution in [-0.4, -0.2) is 64.2 Å². The fourth-order valence-electron chi connectivity index (χ4n) is 4.65. The maximum absolute atomic E-state index is 13.8. The lowest BCUT2D eigenvalue weighted by atomic mass is 10.1. The van der Waals surface area contributed by atoms with E-state index in [0.29, 0.717) is 50.4 Å². The highest BCUT2D eigenvalue weighted by Gasteiger charge is 2.40. The summed E-state index contributed by atoms with van der Waals surface area (Å²) in [5.74, 6) is -2.71. The molecule has 2 aliphatic heterocycles. The highest BCUT2D eigenvalue weighted by atomic mass is 19.1. The zero-order valence-corrected chi connectivity index (χ0v) is 20.3. The second-order valence-corrected chi connectivity index (χ2v) is 8.96. The van der Waals surface area contributed by atoms with Crippen molar-refractivity contribution in [2.75, 3.05) is 26.2 Å². The average Bonchev–Trinajstić information content (AvgIpc) is 3.17. The summed E-state index contributed by atoms with van der Waals surface area (Å²) in [5, 5.41) is 25.0. The van der Waals surface area contributed by atoms with E-state index in [2.05, 4.69) is 10.6 Å². The molecule has 10 nitrogen and oxygen atoms in total. The number of halogens is 1. The number of nitrogens with zero attached hydrogens (tertiary/aromatic N) is 2. The van der Waals surface area contributed by atoms with Crippen LogP contribution in [0.25, 0.3) is 0 Å². The Morgan fingerprint density at radius 1 is 1.14 bits per heavy atom. The first kappa shape index (κ1) is 25.2. The number of amides is 3. The van der Waals surface area contributed by atoms with Crippen LogP contribution in [0, 0.1) is 11.2 Å². The Hall–Kier alpha value is -3.89. The maximum Gasteiger partial charge on any atom is 0.274 e. The number of aromatic nitrogens is 1. The van der Waals surface area contributed by atoms with E-state index >= 15 is 0 Å². The fraction of sp³-hybridized carbons (Fsp3) is 0.440. The summed E-state index contributed by atoms with van der Waals surface area (Å²) in [6.45, 7) is 4.87. The highest BCUT2D eigenvalue weighted by molar-refractivity contribution is 6.45. The number of carbonyl (C=O) groups excluding carboxylic acids is 3. The van der Waals surface area contributed by atoms with Crippen molar-refractivity contribution in [3.63, 3.8) is 0 Å². The molecule has 1 atom stereocenters. The Labute approximate surface area is 207 Å². The predicted octanol–water partition coefficient (Wildman–Crippen LogP) is 2.35. The van der Waals surface area contributed by atoms with Gasteiger partial charge in [-0.2, -0.15) is 0 Å². The summed E-state index contributed by atoms with van der Waals surface area (Å²) in [7, 11) is 0. The molecular formula is C25H30FN5O5. The second-order valence-electron chi connectivity index (χ2n) is 8.96. The van der Waals surface area contributed by atoms with Gasteiger partial charge in [0.25, 0.3) is 17.7 Å². The van der Waals surface area contributed by atoms with Gasteiger partial charge in [0.2, 0.25) is 0 Å². The molecule has 0 saturated heterocycles. The molecule has 0 saturated carbocycles.